The lowest BCUT2D eigenvalue weighted by Crippen LogP contribution is -2.27. The molecule has 1 aromatic heterocycles. The van der Waals surface area contributed by atoms with Gasteiger partial charge in [0.05, 0.1) is 36.4 Å². The lowest BCUT2D eigenvalue weighted by atomic mass is 9.97. The maximum Gasteiger partial charge on any atom is 0.271 e. The SMILES string of the molecule is CCOc1c(Cl)cc(C(=O)c2c(C)c(C#N)c(=O)n(CCc3ccc(OC)c(OC)c3)c2O)cc1Cl. The molecule has 0 aliphatic heterocycles. The van der Waals surface area contributed by atoms with Gasteiger partial charge in [0.1, 0.15) is 11.6 Å². The Balaban J connectivity index is 2.07. The molecule has 0 bridgehead atoms. The summed E-state index contributed by atoms with van der Waals surface area (Å²) >= 11 is 12.5. The van der Waals surface area contributed by atoms with E-state index in [1.54, 1.807) is 25.1 Å². The lowest BCUT2D eigenvalue weighted by Gasteiger charge is -2.17. The zero-order valence-corrected chi connectivity index (χ0v) is 21.7. The molecule has 0 saturated carbocycles. The van der Waals surface area contributed by atoms with E-state index in [1.807, 2.05) is 6.07 Å². The summed E-state index contributed by atoms with van der Waals surface area (Å²) in [6, 6.07) is 9.84. The topological polar surface area (TPSA) is 111 Å². The Kier molecular flexibility index (Phi) is 8.51. The number of aromatic hydroxyl groups is 1. The number of carbonyl (C=O) groups excluding carboxylic acids is 1. The fraction of sp³-hybridized carbons (Fsp3) is 0.269. The van der Waals surface area contributed by atoms with Gasteiger partial charge in [0.25, 0.3) is 5.56 Å². The maximum absolute atomic E-state index is 13.4. The van der Waals surface area contributed by atoms with Crippen molar-refractivity contribution < 1.29 is 24.1 Å². The van der Waals surface area contributed by atoms with Crippen LogP contribution in [0.3, 0.4) is 0 Å². The van der Waals surface area contributed by atoms with Crippen LogP contribution in [0.4, 0.5) is 0 Å². The predicted octanol–water partition coefficient (Wildman–Crippen LogP) is 4.93. The number of methoxy groups -OCH3 is 2. The van der Waals surface area contributed by atoms with Crippen LogP contribution in [-0.4, -0.2) is 36.3 Å². The molecule has 0 aliphatic carbocycles. The first kappa shape index (κ1) is 26.9. The van der Waals surface area contributed by atoms with E-state index >= 15 is 0 Å². The highest BCUT2D eigenvalue weighted by Crippen LogP contribution is 2.36. The van der Waals surface area contributed by atoms with Gasteiger partial charge < -0.3 is 19.3 Å². The second-order valence-corrected chi connectivity index (χ2v) is 8.55. The average molecular weight is 531 g/mol. The number of hydrogen-bond donors (Lipinski definition) is 1. The fourth-order valence-corrected chi connectivity index (χ4v) is 4.42. The summed E-state index contributed by atoms with van der Waals surface area (Å²) in [5.41, 5.74) is -0.209. The van der Waals surface area contributed by atoms with Crippen LogP contribution in [0.15, 0.2) is 35.1 Å². The highest BCUT2D eigenvalue weighted by Gasteiger charge is 2.26. The number of rotatable bonds is 9. The Morgan fingerprint density at radius 3 is 2.31 bits per heavy atom. The third-order valence-electron chi connectivity index (χ3n) is 5.65. The van der Waals surface area contributed by atoms with E-state index in [4.69, 9.17) is 37.4 Å². The monoisotopic (exact) mass is 530 g/mol. The molecule has 0 fully saturated rings. The molecular weight excluding hydrogens is 507 g/mol. The van der Waals surface area contributed by atoms with Crippen molar-refractivity contribution in [3.05, 3.63) is 78.5 Å². The van der Waals surface area contributed by atoms with Gasteiger partial charge >= 0.3 is 0 Å². The summed E-state index contributed by atoms with van der Waals surface area (Å²) in [7, 11) is 3.03. The minimum atomic E-state index is -0.702. The molecule has 8 nitrogen and oxygen atoms in total. The van der Waals surface area contributed by atoms with E-state index in [0.29, 0.717) is 24.5 Å². The molecule has 10 heteroatoms. The lowest BCUT2D eigenvalue weighted by molar-refractivity contribution is 0.103. The van der Waals surface area contributed by atoms with E-state index in [-0.39, 0.29) is 44.6 Å². The molecule has 2 aromatic carbocycles. The third-order valence-corrected chi connectivity index (χ3v) is 6.21. The molecular formula is C26H24Cl2N2O6. The van der Waals surface area contributed by atoms with Gasteiger partial charge in [0, 0.05) is 12.1 Å². The summed E-state index contributed by atoms with van der Waals surface area (Å²) in [6.07, 6.45) is 0.302. The molecule has 0 amide bonds. The molecule has 0 atom stereocenters. The highest BCUT2D eigenvalue weighted by atomic mass is 35.5. The molecule has 1 heterocycles. The molecule has 1 N–H and O–H groups in total. The van der Waals surface area contributed by atoms with Gasteiger partial charge in [-0.05, 0) is 55.7 Å². The number of pyridine rings is 1. The van der Waals surface area contributed by atoms with Crippen LogP contribution >= 0.6 is 23.2 Å². The normalized spacial score (nSPS) is 10.6. The summed E-state index contributed by atoms with van der Waals surface area (Å²) in [5.74, 6) is 0.0875. The van der Waals surface area contributed by atoms with Gasteiger partial charge in [-0.1, -0.05) is 29.3 Å². The van der Waals surface area contributed by atoms with Gasteiger partial charge in [-0.15, -0.1) is 0 Å². The van der Waals surface area contributed by atoms with Crippen molar-refractivity contribution in [3.8, 4) is 29.2 Å². The Bertz CT molecular complexity index is 1400. The van der Waals surface area contributed by atoms with E-state index in [2.05, 4.69) is 0 Å². The first-order valence-corrected chi connectivity index (χ1v) is 11.7. The minimum absolute atomic E-state index is 0.000179. The molecule has 0 saturated heterocycles. The van der Waals surface area contributed by atoms with Crippen LogP contribution in [-0.2, 0) is 13.0 Å². The zero-order chi connectivity index (χ0) is 26.6. The smallest absolute Gasteiger partial charge is 0.271 e. The highest BCUT2D eigenvalue weighted by molar-refractivity contribution is 6.38. The Morgan fingerprint density at radius 2 is 1.75 bits per heavy atom. The molecule has 0 unspecified atom stereocenters. The Labute approximate surface area is 218 Å². The molecule has 0 radical (unpaired) electrons. The number of nitrogens with zero attached hydrogens (tertiary/aromatic N) is 2. The third kappa shape index (κ3) is 5.13. The quantitative estimate of drug-likeness (QED) is 0.390. The molecule has 0 aliphatic rings. The molecule has 0 spiro atoms. The first-order chi connectivity index (χ1) is 17.2. The van der Waals surface area contributed by atoms with Crippen LogP contribution in [0, 0.1) is 18.3 Å². The molecule has 3 aromatic rings. The van der Waals surface area contributed by atoms with Crippen molar-refractivity contribution in [3.63, 3.8) is 0 Å². The molecule has 36 heavy (non-hydrogen) atoms. The van der Waals surface area contributed by atoms with Crippen LogP contribution in [0.25, 0.3) is 0 Å². The van der Waals surface area contributed by atoms with Crippen molar-refractivity contribution in [2.24, 2.45) is 0 Å². The van der Waals surface area contributed by atoms with Crippen molar-refractivity contribution in [1.82, 2.24) is 4.57 Å². The van der Waals surface area contributed by atoms with Gasteiger partial charge in [0.15, 0.2) is 23.0 Å². The van der Waals surface area contributed by atoms with Crippen molar-refractivity contribution in [1.29, 1.82) is 5.26 Å². The van der Waals surface area contributed by atoms with E-state index in [9.17, 15) is 20.0 Å². The molecule has 3 rings (SSSR count). The minimum Gasteiger partial charge on any atom is -0.494 e. The van der Waals surface area contributed by atoms with Crippen LogP contribution in [0.5, 0.6) is 23.1 Å². The number of ether oxygens (including phenoxy) is 3. The summed E-state index contributed by atoms with van der Waals surface area (Å²) in [6.45, 7) is 3.52. The molecule has 188 valence electrons. The largest absolute Gasteiger partial charge is 0.494 e. The van der Waals surface area contributed by atoms with E-state index < -0.39 is 17.2 Å². The predicted molar refractivity (Wildman–Crippen MR) is 136 cm³/mol. The van der Waals surface area contributed by atoms with E-state index in [1.165, 1.54) is 33.3 Å². The van der Waals surface area contributed by atoms with Crippen molar-refractivity contribution in [2.75, 3.05) is 20.8 Å². The number of ketones is 1. The number of halogens is 2. The van der Waals surface area contributed by atoms with Gasteiger partial charge in [-0.2, -0.15) is 5.26 Å². The summed E-state index contributed by atoms with van der Waals surface area (Å²) in [5, 5.41) is 20.9. The standard InChI is InChI=1S/C26H24Cl2N2O6/c1-5-36-24-18(27)11-16(12-19(24)28)23(31)22-14(2)17(13-29)25(32)30(26(22)33)9-8-15-6-7-20(34-3)21(10-15)35-4/h6-7,10-12,33H,5,8-9H2,1-4H3. The maximum atomic E-state index is 13.4. The second-order valence-electron chi connectivity index (χ2n) is 7.74. The number of carbonyl (C=O) groups is 1. The number of hydrogen-bond acceptors (Lipinski definition) is 7. The first-order valence-electron chi connectivity index (χ1n) is 10.9. The van der Waals surface area contributed by atoms with Gasteiger partial charge in [-0.25, -0.2) is 0 Å². The fourth-order valence-electron chi connectivity index (χ4n) is 3.82. The van der Waals surface area contributed by atoms with Crippen molar-refractivity contribution in [2.45, 2.75) is 26.8 Å². The number of benzene rings is 2. The van der Waals surface area contributed by atoms with Crippen LogP contribution < -0.4 is 19.8 Å². The van der Waals surface area contributed by atoms with E-state index in [0.717, 1.165) is 10.1 Å². The Hall–Kier alpha value is -3.67. The second kappa shape index (κ2) is 11.4. The summed E-state index contributed by atoms with van der Waals surface area (Å²) in [4.78, 5) is 26.4. The number of nitriles is 1. The zero-order valence-electron chi connectivity index (χ0n) is 20.1. The average Bonchev–Trinajstić information content (AvgIpc) is 2.85. The Morgan fingerprint density at radius 1 is 1.11 bits per heavy atom. The van der Waals surface area contributed by atoms with Crippen LogP contribution in [0.2, 0.25) is 10.0 Å². The summed E-state index contributed by atoms with van der Waals surface area (Å²) < 4.78 is 17.0. The number of aromatic nitrogens is 1. The van der Waals surface area contributed by atoms with Gasteiger partial charge in [-0.3, -0.25) is 14.2 Å². The van der Waals surface area contributed by atoms with Gasteiger partial charge in [0.2, 0.25) is 5.88 Å². The van der Waals surface area contributed by atoms with Crippen molar-refractivity contribution >= 4 is 29.0 Å². The number of aryl methyl sites for hydroxylation is 1. The van der Waals surface area contributed by atoms with Crippen LogP contribution in [0.1, 0.15) is 39.5 Å².